The minimum atomic E-state index is -0.402. The molecule has 2 atom stereocenters. The van der Waals surface area contributed by atoms with Crippen molar-refractivity contribution in [2.45, 2.75) is 71.5 Å². The number of ether oxygens (including phenoxy) is 1. The molecule has 0 aliphatic rings. The fourth-order valence-corrected chi connectivity index (χ4v) is 1.64. The van der Waals surface area contributed by atoms with Gasteiger partial charge < -0.3 is 9.84 Å². The lowest BCUT2D eigenvalue weighted by molar-refractivity contribution is -0.147. The third-order valence-electron chi connectivity index (χ3n) is 2.32. The highest BCUT2D eigenvalue weighted by molar-refractivity contribution is 5.66. The van der Waals surface area contributed by atoms with Gasteiger partial charge in [0.25, 0.3) is 0 Å². The van der Waals surface area contributed by atoms with Crippen molar-refractivity contribution in [2.75, 3.05) is 0 Å². The summed E-state index contributed by atoms with van der Waals surface area (Å²) in [6.45, 7) is 5.31. The van der Waals surface area contributed by atoms with E-state index in [0.29, 0.717) is 6.42 Å². The summed E-state index contributed by atoms with van der Waals surface area (Å²) in [5.74, 6) is -0.254. The monoisotopic (exact) mass is 216 g/mol. The van der Waals surface area contributed by atoms with E-state index in [1.54, 1.807) is 6.92 Å². The minimum Gasteiger partial charge on any atom is -0.462 e. The molecule has 0 amide bonds. The van der Waals surface area contributed by atoms with Gasteiger partial charge in [-0.25, -0.2) is 0 Å². The molecule has 15 heavy (non-hydrogen) atoms. The number of aliphatic hydroxyl groups is 1. The Labute approximate surface area is 92.8 Å². The predicted molar refractivity (Wildman–Crippen MR) is 60.6 cm³/mol. The van der Waals surface area contributed by atoms with Crippen molar-refractivity contribution in [1.29, 1.82) is 0 Å². The predicted octanol–water partition coefficient (Wildman–Crippen LogP) is 2.66. The van der Waals surface area contributed by atoms with Crippen LogP contribution in [-0.4, -0.2) is 23.3 Å². The molecule has 0 bridgehead atoms. The van der Waals surface area contributed by atoms with E-state index in [2.05, 4.69) is 6.92 Å². The molecule has 0 unspecified atom stereocenters. The molecule has 0 spiro atoms. The molecule has 0 fully saturated rings. The summed E-state index contributed by atoms with van der Waals surface area (Å²) in [5, 5.41) is 9.25. The maximum absolute atomic E-state index is 10.8. The Bertz CT molecular complexity index is 166. The topological polar surface area (TPSA) is 46.5 Å². The molecule has 0 aromatic carbocycles. The summed E-state index contributed by atoms with van der Waals surface area (Å²) in [4.78, 5) is 10.8. The van der Waals surface area contributed by atoms with Crippen LogP contribution in [0, 0.1) is 0 Å². The van der Waals surface area contributed by atoms with Crippen molar-refractivity contribution in [2.24, 2.45) is 0 Å². The van der Waals surface area contributed by atoms with Crippen LogP contribution in [0.5, 0.6) is 0 Å². The average Bonchev–Trinajstić information content (AvgIpc) is 2.10. The molecule has 0 saturated carbocycles. The van der Waals surface area contributed by atoms with Gasteiger partial charge in [-0.1, -0.05) is 26.2 Å². The van der Waals surface area contributed by atoms with Crippen LogP contribution in [0.15, 0.2) is 0 Å². The largest absolute Gasteiger partial charge is 0.462 e. The van der Waals surface area contributed by atoms with Gasteiger partial charge >= 0.3 is 5.97 Å². The van der Waals surface area contributed by atoms with E-state index in [1.165, 1.54) is 26.2 Å². The first-order chi connectivity index (χ1) is 7.06. The summed E-state index contributed by atoms with van der Waals surface area (Å²) in [6, 6.07) is 0. The van der Waals surface area contributed by atoms with E-state index in [-0.39, 0.29) is 12.1 Å². The third kappa shape index (κ3) is 9.73. The molecule has 0 aliphatic carbocycles. The van der Waals surface area contributed by atoms with Gasteiger partial charge in [-0.15, -0.1) is 0 Å². The maximum atomic E-state index is 10.8. The van der Waals surface area contributed by atoms with Crippen molar-refractivity contribution in [3.05, 3.63) is 0 Å². The summed E-state index contributed by atoms with van der Waals surface area (Å²) in [5.41, 5.74) is 0. The number of carbonyl (C=O) groups is 1. The number of esters is 1. The Morgan fingerprint density at radius 3 is 2.47 bits per heavy atom. The van der Waals surface area contributed by atoms with Crippen molar-refractivity contribution < 1.29 is 14.6 Å². The van der Waals surface area contributed by atoms with E-state index in [9.17, 15) is 9.90 Å². The average molecular weight is 216 g/mol. The van der Waals surface area contributed by atoms with Crippen molar-refractivity contribution in [3.8, 4) is 0 Å². The number of aliphatic hydroxyl groups excluding tert-OH is 1. The van der Waals surface area contributed by atoms with Gasteiger partial charge in [0, 0.05) is 13.3 Å². The SMILES string of the molecule is CCCCCC[C@H](C[C@@H](C)O)OC(C)=O. The number of rotatable bonds is 8. The molecule has 90 valence electrons. The Morgan fingerprint density at radius 1 is 1.33 bits per heavy atom. The lowest BCUT2D eigenvalue weighted by Crippen LogP contribution is -2.21. The molecule has 0 aromatic rings. The van der Waals surface area contributed by atoms with Crippen molar-refractivity contribution in [1.82, 2.24) is 0 Å². The highest BCUT2D eigenvalue weighted by Crippen LogP contribution is 2.13. The summed E-state index contributed by atoms with van der Waals surface area (Å²) >= 11 is 0. The number of hydrogen-bond donors (Lipinski definition) is 1. The highest BCUT2D eigenvalue weighted by atomic mass is 16.5. The van der Waals surface area contributed by atoms with Crippen LogP contribution < -0.4 is 0 Å². The molecular weight excluding hydrogens is 192 g/mol. The Morgan fingerprint density at radius 2 is 2.00 bits per heavy atom. The van der Waals surface area contributed by atoms with E-state index in [1.807, 2.05) is 0 Å². The van der Waals surface area contributed by atoms with E-state index in [4.69, 9.17) is 4.74 Å². The standard InChI is InChI=1S/C12H24O3/c1-4-5-6-7-8-12(9-10(2)13)15-11(3)14/h10,12-13H,4-9H2,1-3H3/t10-,12-/m1/s1. The summed E-state index contributed by atoms with van der Waals surface area (Å²) in [6.07, 6.45) is 5.57. The second-order valence-electron chi connectivity index (χ2n) is 4.17. The first-order valence-corrected chi connectivity index (χ1v) is 5.91. The van der Waals surface area contributed by atoms with Crippen LogP contribution in [0.4, 0.5) is 0 Å². The van der Waals surface area contributed by atoms with Gasteiger partial charge in [-0.2, -0.15) is 0 Å². The quantitative estimate of drug-likeness (QED) is 0.501. The van der Waals surface area contributed by atoms with Crippen LogP contribution in [-0.2, 0) is 9.53 Å². The third-order valence-corrected chi connectivity index (χ3v) is 2.32. The van der Waals surface area contributed by atoms with E-state index < -0.39 is 6.10 Å². The lowest BCUT2D eigenvalue weighted by Gasteiger charge is -2.18. The van der Waals surface area contributed by atoms with Crippen LogP contribution in [0.2, 0.25) is 0 Å². The van der Waals surface area contributed by atoms with E-state index >= 15 is 0 Å². The molecule has 0 rings (SSSR count). The Kier molecular flexibility index (Phi) is 8.38. The first kappa shape index (κ1) is 14.4. The molecule has 0 saturated heterocycles. The zero-order valence-corrected chi connectivity index (χ0v) is 10.2. The maximum Gasteiger partial charge on any atom is 0.302 e. The van der Waals surface area contributed by atoms with Crippen LogP contribution in [0.1, 0.15) is 59.3 Å². The molecule has 3 heteroatoms. The smallest absolute Gasteiger partial charge is 0.302 e. The molecule has 0 heterocycles. The van der Waals surface area contributed by atoms with Crippen LogP contribution >= 0.6 is 0 Å². The van der Waals surface area contributed by atoms with E-state index in [0.717, 1.165) is 12.8 Å². The Hall–Kier alpha value is -0.570. The number of hydrogen-bond acceptors (Lipinski definition) is 3. The molecule has 0 radical (unpaired) electrons. The molecular formula is C12H24O3. The second kappa shape index (κ2) is 8.72. The van der Waals surface area contributed by atoms with Crippen molar-refractivity contribution >= 4 is 5.97 Å². The lowest BCUT2D eigenvalue weighted by atomic mass is 10.0. The van der Waals surface area contributed by atoms with Gasteiger partial charge in [-0.3, -0.25) is 4.79 Å². The summed E-state index contributed by atoms with van der Waals surface area (Å²) in [7, 11) is 0. The zero-order valence-electron chi connectivity index (χ0n) is 10.2. The van der Waals surface area contributed by atoms with Gasteiger partial charge in [-0.05, 0) is 19.8 Å². The zero-order chi connectivity index (χ0) is 11.7. The summed E-state index contributed by atoms with van der Waals surface area (Å²) < 4.78 is 5.14. The van der Waals surface area contributed by atoms with Crippen LogP contribution in [0.3, 0.4) is 0 Å². The molecule has 3 nitrogen and oxygen atoms in total. The fraction of sp³-hybridized carbons (Fsp3) is 0.917. The van der Waals surface area contributed by atoms with Gasteiger partial charge in [0.2, 0.25) is 0 Å². The molecule has 0 aliphatic heterocycles. The van der Waals surface area contributed by atoms with Gasteiger partial charge in [0.05, 0.1) is 6.10 Å². The normalized spacial score (nSPS) is 14.7. The first-order valence-electron chi connectivity index (χ1n) is 5.91. The van der Waals surface area contributed by atoms with Gasteiger partial charge in [0.15, 0.2) is 0 Å². The molecule has 0 aromatic heterocycles. The Balaban J connectivity index is 3.74. The van der Waals surface area contributed by atoms with Gasteiger partial charge in [0.1, 0.15) is 6.10 Å². The number of carbonyl (C=O) groups excluding carboxylic acids is 1. The van der Waals surface area contributed by atoms with Crippen molar-refractivity contribution in [3.63, 3.8) is 0 Å². The fourth-order valence-electron chi connectivity index (χ4n) is 1.64. The highest BCUT2D eigenvalue weighted by Gasteiger charge is 2.14. The minimum absolute atomic E-state index is 0.112. The molecule has 1 N–H and O–H groups in total. The second-order valence-corrected chi connectivity index (χ2v) is 4.17. The van der Waals surface area contributed by atoms with Crippen LogP contribution in [0.25, 0.3) is 0 Å². The number of unbranched alkanes of at least 4 members (excludes halogenated alkanes) is 3.